The second-order valence-corrected chi connectivity index (χ2v) is 3.83. The zero-order valence-electron chi connectivity index (χ0n) is 9.58. The van der Waals surface area contributed by atoms with Crippen molar-refractivity contribution in [3.8, 4) is 0 Å². The first-order chi connectivity index (χ1) is 9.08. The molecular weight excluding hydrogens is 260 g/mol. The van der Waals surface area contributed by atoms with Crippen molar-refractivity contribution in [2.75, 3.05) is 6.61 Å². The molecule has 3 unspecified atom stereocenters. The van der Waals surface area contributed by atoms with Crippen molar-refractivity contribution in [1.29, 1.82) is 0 Å². The van der Waals surface area contributed by atoms with E-state index in [4.69, 9.17) is 4.74 Å². The van der Waals surface area contributed by atoms with Gasteiger partial charge in [-0.1, -0.05) is 30.3 Å². The van der Waals surface area contributed by atoms with Crippen LogP contribution < -0.4 is 0 Å². The zero-order valence-corrected chi connectivity index (χ0v) is 9.58. The van der Waals surface area contributed by atoms with E-state index in [0.717, 1.165) is 0 Å². The van der Waals surface area contributed by atoms with Crippen LogP contribution in [0.15, 0.2) is 30.3 Å². The summed E-state index contributed by atoms with van der Waals surface area (Å²) >= 11 is 0. The highest BCUT2D eigenvalue weighted by atomic mass is 17.0. The van der Waals surface area contributed by atoms with Crippen molar-refractivity contribution >= 4 is 0 Å². The van der Waals surface area contributed by atoms with Gasteiger partial charge in [0.15, 0.2) is 12.2 Å². The van der Waals surface area contributed by atoms with E-state index >= 15 is 0 Å². The largest absolute Gasteiger partial charge is 0.369 e. The molecule has 9 nitrogen and oxygen atoms in total. The number of rotatable bonds is 5. The first kappa shape index (κ1) is 13.0. The topological polar surface area (TPSA) is 114 Å². The molecule has 0 spiro atoms. The predicted octanol–water partition coefficient (Wildman–Crippen LogP) is 0.912. The van der Waals surface area contributed by atoms with Crippen LogP contribution in [-0.2, 0) is 14.4 Å². The summed E-state index contributed by atoms with van der Waals surface area (Å²) in [6.45, 7) is -0.154. The van der Waals surface area contributed by atoms with Crippen LogP contribution in [0.25, 0.3) is 0 Å². The summed E-state index contributed by atoms with van der Waals surface area (Å²) < 4.78 is 5.31. The zero-order chi connectivity index (χ0) is 13.8. The smallest absolute Gasteiger partial charge is 0.294 e. The molecule has 9 heteroatoms. The molecule has 1 fully saturated rings. The molecule has 0 saturated carbocycles. The molecule has 3 atom stereocenters. The molecule has 1 saturated heterocycles. The minimum absolute atomic E-state index is 0.154. The summed E-state index contributed by atoms with van der Waals surface area (Å²) in [6, 6.07) is 8.60. The van der Waals surface area contributed by atoms with E-state index in [-0.39, 0.29) is 6.61 Å². The summed E-state index contributed by atoms with van der Waals surface area (Å²) in [6.07, 6.45) is -3.09. The lowest BCUT2D eigenvalue weighted by molar-refractivity contribution is -0.797. The summed E-state index contributed by atoms with van der Waals surface area (Å²) in [7, 11) is 0. The van der Waals surface area contributed by atoms with Gasteiger partial charge in [-0.15, -0.1) is 20.2 Å². The van der Waals surface area contributed by atoms with Crippen LogP contribution in [0.3, 0.4) is 0 Å². The maximum Gasteiger partial charge on any atom is 0.294 e. The normalized spacial score (nSPS) is 25.8. The van der Waals surface area contributed by atoms with Gasteiger partial charge < -0.3 is 14.4 Å². The molecule has 1 aliphatic rings. The van der Waals surface area contributed by atoms with Crippen molar-refractivity contribution < 1.29 is 24.6 Å². The fourth-order valence-corrected chi connectivity index (χ4v) is 1.94. The van der Waals surface area contributed by atoms with Crippen molar-refractivity contribution in [2.24, 2.45) is 0 Å². The highest BCUT2D eigenvalue weighted by Gasteiger charge is 2.43. The van der Waals surface area contributed by atoms with Gasteiger partial charge in [-0.05, 0) is 5.56 Å². The number of nitrogens with zero attached hydrogens (tertiary/aromatic N) is 2. The Balaban J connectivity index is 2.19. The predicted molar refractivity (Wildman–Crippen MR) is 58.9 cm³/mol. The number of benzene rings is 1. The number of ether oxygens (including phenoxy) is 1. The molecule has 2 rings (SSSR count). The van der Waals surface area contributed by atoms with Crippen LogP contribution in [0.2, 0.25) is 0 Å². The van der Waals surface area contributed by atoms with E-state index in [1.807, 2.05) is 0 Å². The van der Waals surface area contributed by atoms with Crippen LogP contribution >= 0.6 is 0 Å². The Morgan fingerprint density at radius 3 is 2.32 bits per heavy atom. The molecule has 1 aliphatic heterocycles. The van der Waals surface area contributed by atoms with Crippen molar-refractivity contribution in [3.63, 3.8) is 0 Å². The van der Waals surface area contributed by atoms with E-state index in [2.05, 4.69) is 9.68 Å². The van der Waals surface area contributed by atoms with Gasteiger partial charge in [0.2, 0.25) is 0 Å². The molecule has 0 aromatic heterocycles. The van der Waals surface area contributed by atoms with Gasteiger partial charge in [0.25, 0.3) is 10.2 Å². The monoisotopic (exact) mass is 270 g/mol. The summed E-state index contributed by atoms with van der Waals surface area (Å²) in [5.74, 6) is 0. The van der Waals surface area contributed by atoms with Crippen molar-refractivity contribution in [2.45, 2.75) is 18.3 Å². The molecule has 19 heavy (non-hydrogen) atoms. The standard InChI is InChI=1S/C10H10N2O7/c13-11(14)18-8-6-17-9(10(8)19-12(15)16)7-4-2-1-3-5-7/h1-5,8-10H,6H2. The van der Waals surface area contributed by atoms with Crippen LogP contribution in [-0.4, -0.2) is 29.0 Å². The van der Waals surface area contributed by atoms with E-state index in [1.165, 1.54) is 0 Å². The van der Waals surface area contributed by atoms with E-state index in [9.17, 15) is 20.2 Å². The Bertz CT molecular complexity index is 466. The highest BCUT2D eigenvalue weighted by Crippen LogP contribution is 2.33. The summed E-state index contributed by atoms with van der Waals surface area (Å²) in [5, 5.41) is 18.8. The lowest BCUT2D eigenvalue weighted by Gasteiger charge is -2.19. The van der Waals surface area contributed by atoms with Gasteiger partial charge in [0, 0.05) is 0 Å². The molecule has 0 radical (unpaired) electrons. The molecule has 1 aromatic rings. The molecule has 0 N–H and O–H groups in total. The fourth-order valence-electron chi connectivity index (χ4n) is 1.94. The Hall–Kier alpha value is -2.42. The Labute approximate surface area is 106 Å². The summed E-state index contributed by atoms with van der Waals surface area (Å²) in [4.78, 5) is 29.6. The average Bonchev–Trinajstić information content (AvgIpc) is 2.72. The molecule has 0 bridgehead atoms. The van der Waals surface area contributed by atoms with Gasteiger partial charge in [-0.3, -0.25) is 0 Å². The highest BCUT2D eigenvalue weighted by molar-refractivity contribution is 5.20. The summed E-state index contributed by atoms with van der Waals surface area (Å²) in [5.41, 5.74) is 0.629. The lowest BCUT2D eigenvalue weighted by Crippen LogP contribution is -2.34. The molecule has 0 aliphatic carbocycles. The van der Waals surface area contributed by atoms with Gasteiger partial charge in [-0.2, -0.15) is 0 Å². The van der Waals surface area contributed by atoms with Crippen molar-refractivity contribution in [1.82, 2.24) is 0 Å². The molecular formula is C10H10N2O7. The lowest BCUT2D eigenvalue weighted by atomic mass is 10.0. The minimum Gasteiger partial charge on any atom is -0.369 e. The minimum atomic E-state index is -1.18. The van der Waals surface area contributed by atoms with Crippen LogP contribution in [0, 0.1) is 20.2 Å². The Morgan fingerprint density at radius 2 is 1.74 bits per heavy atom. The maximum absolute atomic E-state index is 10.5. The van der Waals surface area contributed by atoms with E-state index in [0.29, 0.717) is 5.56 Å². The third kappa shape index (κ3) is 3.07. The maximum atomic E-state index is 10.5. The molecule has 1 aromatic carbocycles. The number of hydrogen-bond donors (Lipinski definition) is 0. The van der Waals surface area contributed by atoms with Crippen molar-refractivity contribution in [3.05, 3.63) is 56.1 Å². The Morgan fingerprint density at radius 1 is 1.11 bits per heavy atom. The van der Waals surface area contributed by atoms with Crippen LogP contribution in [0.5, 0.6) is 0 Å². The third-order valence-electron chi connectivity index (χ3n) is 2.66. The second-order valence-electron chi connectivity index (χ2n) is 3.83. The second kappa shape index (κ2) is 5.48. The van der Waals surface area contributed by atoms with Crippen LogP contribution in [0.1, 0.15) is 11.7 Å². The first-order valence-electron chi connectivity index (χ1n) is 5.37. The quantitative estimate of drug-likeness (QED) is 0.577. The first-order valence-corrected chi connectivity index (χ1v) is 5.37. The van der Waals surface area contributed by atoms with E-state index in [1.54, 1.807) is 30.3 Å². The average molecular weight is 270 g/mol. The molecule has 102 valence electrons. The fraction of sp³-hybridized carbons (Fsp3) is 0.400. The Kier molecular flexibility index (Phi) is 3.76. The van der Waals surface area contributed by atoms with Crippen LogP contribution in [0.4, 0.5) is 0 Å². The SMILES string of the molecule is O=[N+]([O-])OC1COC(c2ccccc2)C1O[N+](=O)[O-]. The van der Waals surface area contributed by atoms with Gasteiger partial charge in [0.1, 0.15) is 6.10 Å². The van der Waals surface area contributed by atoms with Gasteiger partial charge in [0.05, 0.1) is 6.61 Å². The number of hydrogen-bond acceptors (Lipinski definition) is 7. The van der Waals surface area contributed by atoms with Gasteiger partial charge >= 0.3 is 0 Å². The third-order valence-corrected chi connectivity index (χ3v) is 2.66. The van der Waals surface area contributed by atoms with Gasteiger partial charge in [-0.25, -0.2) is 0 Å². The van der Waals surface area contributed by atoms with E-state index < -0.39 is 28.5 Å². The molecule has 0 amide bonds. The molecule has 1 heterocycles.